The number of urea groups is 1. The van der Waals surface area contributed by atoms with Crippen LogP contribution in [-0.4, -0.2) is 65.6 Å². The minimum Gasteiger partial charge on any atom is -0.439 e. The summed E-state index contributed by atoms with van der Waals surface area (Å²) in [6, 6.07) is 14.7. The Hall–Kier alpha value is -3.69. The van der Waals surface area contributed by atoms with Crippen molar-refractivity contribution in [3.8, 4) is 11.6 Å². The van der Waals surface area contributed by atoms with Crippen LogP contribution in [0.3, 0.4) is 0 Å². The van der Waals surface area contributed by atoms with Crippen LogP contribution in [-0.2, 0) is 6.54 Å². The van der Waals surface area contributed by atoms with Gasteiger partial charge in [0.05, 0.1) is 0 Å². The number of amides is 2. The van der Waals surface area contributed by atoms with E-state index < -0.39 is 0 Å². The number of hydrogen-bond acceptors (Lipinski definition) is 7. The fourth-order valence-electron chi connectivity index (χ4n) is 4.10. The smallest absolute Gasteiger partial charge is 0.323 e. The van der Waals surface area contributed by atoms with E-state index in [1.807, 2.05) is 12.1 Å². The molecule has 196 valence electrons. The third-order valence-corrected chi connectivity index (χ3v) is 6.40. The van der Waals surface area contributed by atoms with Crippen LogP contribution in [0, 0.1) is 6.92 Å². The Bertz CT molecular complexity index is 1160. The molecule has 9 heteroatoms. The van der Waals surface area contributed by atoms with Gasteiger partial charge in [0.25, 0.3) is 0 Å². The van der Waals surface area contributed by atoms with Crippen LogP contribution in [0.4, 0.5) is 22.0 Å². The molecule has 0 unspecified atom stereocenters. The number of likely N-dealkylation sites (N-methyl/N-ethyl adjacent to an activating group) is 1. The van der Waals surface area contributed by atoms with Gasteiger partial charge in [-0.2, -0.15) is 0 Å². The molecule has 4 rings (SSSR count). The van der Waals surface area contributed by atoms with Crippen LogP contribution in [0.25, 0.3) is 0 Å². The summed E-state index contributed by atoms with van der Waals surface area (Å²) < 4.78 is 5.84. The highest BCUT2D eigenvalue weighted by Crippen LogP contribution is 2.23. The fourth-order valence-corrected chi connectivity index (χ4v) is 4.10. The Morgan fingerprint density at radius 3 is 2.43 bits per heavy atom. The molecule has 1 aliphatic heterocycles. The summed E-state index contributed by atoms with van der Waals surface area (Å²) in [5.74, 6) is 1.81. The van der Waals surface area contributed by atoms with E-state index in [4.69, 9.17) is 4.74 Å². The summed E-state index contributed by atoms with van der Waals surface area (Å²) in [7, 11) is 2.17. The van der Waals surface area contributed by atoms with Crippen LogP contribution < -0.4 is 20.7 Å². The van der Waals surface area contributed by atoms with E-state index >= 15 is 0 Å². The first kappa shape index (κ1) is 26.4. The second kappa shape index (κ2) is 13.0. The zero-order chi connectivity index (χ0) is 26.0. The van der Waals surface area contributed by atoms with Gasteiger partial charge in [-0.3, -0.25) is 4.90 Å². The lowest BCUT2D eigenvalue weighted by Crippen LogP contribution is -2.43. The molecule has 1 fully saturated rings. The third kappa shape index (κ3) is 8.16. The Labute approximate surface area is 219 Å². The van der Waals surface area contributed by atoms with Crippen molar-refractivity contribution in [2.45, 2.75) is 33.2 Å². The summed E-state index contributed by atoms with van der Waals surface area (Å²) >= 11 is 0. The first-order valence-corrected chi connectivity index (χ1v) is 12.9. The van der Waals surface area contributed by atoms with E-state index in [1.165, 1.54) is 17.5 Å². The first-order valence-electron chi connectivity index (χ1n) is 12.9. The second-order valence-electron chi connectivity index (χ2n) is 9.45. The molecule has 9 nitrogen and oxygen atoms in total. The number of benzene rings is 2. The Morgan fingerprint density at radius 2 is 1.70 bits per heavy atom. The SMILES string of the molecule is CCCCNc1cc(Oc2ccc(NC(=O)Nc3ccc(CN4CCN(C)CC4)c(C)c3)cc2)ncn1. The van der Waals surface area contributed by atoms with Crippen molar-refractivity contribution in [2.75, 3.05) is 55.7 Å². The number of rotatable bonds is 10. The minimum absolute atomic E-state index is 0.293. The molecular weight excluding hydrogens is 466 g/mol. The highest BCUT2D eigenvalue weighted by Gasteiger charge is 2.15. The van der Waals surface area contributed by atoms with Gasteiger partial charge in [-0.1, -0.05) is 19.4 Å². The summed E-state index contributed by atoms with van der Waals surface area (Å²) in [5.41, 5.74) is 3.90. The van der Waals surface area contributed by atoms with Gasteiger partial charge >= 0.3 is 6.03 Å². The number of piperazine rings is 1. The predicted molar refractivity (Wildman–Crippen MR) is 149 cm³/mol. The number of ether oxygens (including phenoxy) is 1. The number of carbonyl (C=O) groups excluding carboxylic acids is 1. The zero-order valence-electron chi connectivity index (χ0n) is 22.0. The van der Waals surface area contributed by atoms with Crippen molar-refractivity contribution in [1.82, 2.24) is 19.8 Å². The number of nitrogens with one attached hydrogen (secondary N) is 3. The van der Waals surface area contributed by atoms with Gasteiger partial charge in [0.1, 0.15) is 17.9 Å². The van der Waals surface area contributed by atoms with Crippen molar-refractivity contribution in [3.05, 3.63) is 66.0 Å². The van der Waals surface area contributed by atoms with Crippen LogP contribution >= 0.6 is 0 Å². The Balaban J connectivity index is 1.27. The van der Waals surface area contributed by atoms with Gasteiger partial charge in [0, 0.05) is 56.7 Å². The molecule has 3 aromatic rings. The van der Waals surface area contributed by atoms with E-state index in [9.17, 15) is 4.79 Å². The van der Waals surface area contributed by atoms with E-state index in [0.29, 0.717) is 17.3 Å². The van der Waals surface area contributed by atoms with Crippen LogP contribution in [0.2, 0.25) is 0 Å². The van der Waals surface area contributed by atoms with Crippen LogP contribution in [0.1, 0.15) is 30.9 Å². The maximum atomic E-state index is 12.6. The lowest BCUT2D eigenvalue weighted by molar-refractivity contribution is 0.148. The van der Waals surface area contributed by atoms with Gasteiger partial charge in [0.2, 0.25) is 5.88 Å². The molecular formula is C28H37N7O2. The fraction of sp³-hybridized carbons (Fsp3) is 0.393. The lowest BCUT2D eigenvalue weighted by atomic mass is 10.1. The molecule has 3 N–H and O–H groups in total. The van der Waals surface area contributed by atoms with Crippen molar-refractivity contribution < 1.29 is 9.53 Å². The molecule has 1 aliphatic rings. The predicted octanol–water partition coefficient (Wildman–Crippen LogP) is 5.18. The molecule has 0 saturated carbocycles. The quantitative estimate of drug-likeness (QED) is 0.328. The monoisotopic (exact) mass is 503 g/mol. The maximum absolute atomic E-state index is 12.6. The number of hydrogen-bond donors (Lipinski definition) is 3. The highest BCUT2D eigenvalue weighted by atomic mass is 16.5. The summed E-state index contributed by atoms with van der Waals surface area (Å²) in [5, 5.41) is 9.05. The van der Waals surface area contributed by atoms with E-state index in [2.05, 4.69) is 62.7 Å². The average Bonchev–Trinajstić information content (AvgIpc) is 2.88. The maximum Gasteiger partial charge on any atom is 0.323 e. The Morgan fingerprint density at radius 1 is 0.973 bits per heavy atom. The topological polar surface area (TPSA) is 94.6 Å². The van der Waals surface area contributed by atoms with Crippen LogP contribution in [0.15, 0.2) is 54.9 Å². The molecule has 2 amide bonds. The van der Waals surface area contributed by atoms with Gasteiger partial charge in [-0.05, 0) is 67.9 Å². The molecule has 0 spiro atoms. The summed E-state index contributed by atoms with van der Waals surface area (Å²) in [6.45, 7) is 10.4. The molecule has 1 aromatic heterocycles. The molecule has 37 heavy (non-hydrogen) atoms. The van der Waals surface area contributed by atoms with Gasteiger partial charge in [0.15, 0.2) is 0 Å². The second-order valence-corrected chi connectivity index (χ2v) is 9.45. The third-order valence-electron chi connectivity index (χ3n) is 6.40. The highest BCUT2D eigenvalue weighted by molar-refractivity contribution is 5.99. The number of anilines is 3. The largest absolute Gasteiger partial charge is 0.439 e. The number of nitrogens with zero attached hydrogens (tertiary/aromatic N) is 4. The molecule has 0 bridgehead atoms. The molecule has 0 atom stereocenters. The zero-order valence-corrected chi connectivity index (χ0v) is 22.0. The van der Waals surface area contributed by atoms with Crippen molar-refractivity contribution in [3.63, 3.8) is 0 Å². The number of unbranched alkanes of at least 4 members (excludes halogenated alkanes) is 1. The normalized spacial score (nSPS) is 14.2. The molecule has 0 aliphatic carbocycles. The van der Waals surface area contributed by atoms with Gasteiger partial charge in [-0.25, -0.2) is 14.8 Å². The minimum atomic E-state index is -0.293. The van der Waals surface area contributed by atoms with E-state index in [1.54, 1.807) is 30.3 Å². The standard InChI is InChI=1S/C28H37N7O2/c1-4-5-12-29-26-18-27(31-20-30-26)37-25-10-8-23(9-11-25)32-28(36)33-24-7-6-22(21(2)17-24)19-35-15-13-34(3)14-16-35/h6-11,17-18,20H,4-5,12-16,19H2,1-3H3,(H,29,30,31)(H2,32,33,36). The number of aromatic nitrogens is 2. The summed E-state index contributed by atoms with van der Waals surface area (Å²) in [6.07, 6.45) is 3.66. The number of carbonyl (C=O) groups is 1. The molecule has 1 saturated heterocycles. The van der Waals surface area contributed by atoms with Crippen LogP contribution in [0.5, 0.6) is 11.6 Å². The summed E-state index contributed by atoms with van der Waals surface area (Å²) in [4.78, 5) is 25.8. The Kier molecular flexibility index (Phi) is 9.29. The van der Waals surface area contributed by atoms with E-state index in [-0.39, 0.29) is 6.03 Å². The number of aryl methyl sites for hydroxylation is 1. The van der Waals surface area contributed by atoms with Crippen molar-refractivity contribution >= 4 is 23.2 Å². The van der Waals surface area contributed by atoms with Crippen molar-refractivity contribution in [2.24, 2.45) is 0 Å². The average molecular weight is 504 g/mol. The van der Waals surface area contributed by atoms with Gasteiger partial charge in [-0.15, -0.1) is 0 Å². The van der Waals surface area contributed by atoms with Gasteiger partial charge < -0.3 is 25.6 Å². The lowest BCUT2D eigenvalue weighted by Gasteiger charge is -2.32. The molecule has 2 aromatic carbocycles. The van der Waals surface area contributed by atoms with Crippen molar-refractivity contribution in [1.29, 1.82) is 0 Å². The molecule has 2 heterocycles. The molecule has 0 radical (unpaired) electrons. The first-order chi connectivity index (χ1) is 18.0. The van der Waals surface area contributed by atoms with E-state index in [0.717, 1.165) is 63.6 Å².